The van der Waals surface area contributed by atoms with Gasteiger partial charge in [-0.05, 0) is 37.1 Å². The first kappa shape index (κ1) is 16.4. The molecule has 2 aromatic rings. The lowest BCUT2D eigenvalue weighted by Crippen LogP contribution is -2.44. The summed E-state index contributed by atoms with van der Waals surface area (Å²) in [4.78, 5) is 24.0. The predicted molar refractivity (Wildman–Crippen MR) is 88.5 cm³/mol. The van der Waals surface area contributed by atoms with Crippen LogP contribution in [0.1, 0.15) is 21.5 Å². The van der Waals surface area contributed by atoms with Gasteiger partial charge in [0.1, 0.15) is 5.75 Å². The van der Waals surface area contributed by atoms with E-state index in [0.717, 1.165) is 16.8 Å². The summed E-state index contributed by atoms with van der Waals surface area (Å²) in [5.74, 6) is -0.0268. The number of ether oxygens (including phenoxy) is 1. The molecule has 6 nitrogen and oxygen atoms in total. The summed E-state index contributed by atoms with van der Waals surface area (Å²) in [7, 11) is 1.48. The van der Waals surface area contributed by atoms with Crippen molar-refractivity contribution in [3.8, 4) is 5.75 Å². The van der Waals surface area contributed by atoms with Gasteiger partial charge in [-0.15, -0.1) is 0 Å². The second-order valence-electron chi connectivity index (χ2n) is 5.00. The third-order valence-corrected chi connectivity index (χ3v) is 3.36. The van der Waals surface area contributed by atoms with E-state index in [-0.39, 0.29) is 0 Å². The number of urea groups is 1. The van der Waals surface area contributed by atoms with E-state index in [2.05, 4.69) is 16.2 Å². The molecule has 0 aromatic heterocycles. The molecule has 0 saturated heterocycles. The first-order valence-corrected chi connectivity index (χ1v) is 7.09. The van der Waals surface area contributed by atoms with Crippen molar-refractivity contribution in [3.63, 3.8) is 0 Å². The molecular formula is C17H19N3O3. The zero-order valence-corrected chi connectivity index (χ0v) is 13.3. The van der Waals surface area contributed by atoms with Crippen molar-refractivity contribution in [2.45, 2.75) is 13.8 Å². The fraction of sp³-hybridized carbons (Fsp3) is 0.176. The van der Waals surface area contributed by atoms with Crippen LogP contribution in [0.25, 0.3) is 0 Å². The number of hydrogen-bond donors (Lipinski definition) is 3. The number of amides is 3. The summed E-state index contributed by atoms with van der Waals surface area (Å²) in [5.41, 5.74) is 7.62. The molecule has 3 N–H and O–H groups in total. The Kier molecular flexibility index (Phi) is 5.19. The Morgan fingerprint density at radius 3 is 2.22 bits per heavy atom. The summed E-state index contributed by atoms with van der Waals surface area (Å²) in [6.45, 7) is 3.80. The second kappa shape index (κ2) is 7.31. The molecule has 2 aromatic carbocycles. The first-order valence-electron chi connectivity index (χ1n) is 7.09. The quantitative estimate of drug-likeness (QED) is 0.762. The van der Waals surface area contributed by atoms with E-state index in [1.165, 1.54) is 7.11 Å². The van der Waals surface area contributed by atoms with Crippen LogP contribution in [-0.4, -0.2) is 19.0 Å². The van der Waals surface area contributed by atoms with Crippen molar-refractivity contribution in [3.05, 3.63) is 59.2 Å². The monoisotopic (exact) mass is 313 g/mol. The highest BCUT2D eigenvalue weighted by molar-refractivity contribution is 5.99. The number of carbonyl (C=O) groups is 2. The van der Waals surface area contributed by atoms with Gasteiger partial charge < -0.3 is 10.1 Å². The molecule has 23 heavy (non-hydrogen) atoms. The fourth-order valence-electron chi connectivity index (χ4n) is 2.17. The molecule has 0 spiro atoms. The van der Waals surface area contributed by atoms with Crippen LogP contribution in [0.15, 0.2) is 42.5 Å². The third-order valence-electron chi connectivity index (χ3n) is 3.36. The number of benzene rings is 2. The number of rotatable bonds is 3. The number of para-hydroxylation sites is 2. The van der Waals surface area contributed by atoms with Gasteiger partial charge in [-0.2, -0.15) is 0 Å². The number of nitrogens with one attached hydrogen (secondary N) is 3. The molecule has 3 amide bonds. The second-order valence-corrected chi connectivity index (χ2v) is 5.00. The van der Waals surface area contributed by atoms with Crippen LogP contribution in [0.4, 0.5) is 10.5 Å². The Bertz CT molecular complexity index is 709. The van der Waals surface area contributed by atoms with Gasteiger partial charge in [0.25, 0.3) is 5.91 Å². The van der Waals surface area contributed by atoms with Crippen LogP contribution < -0.4 is 20.9 Å². The molecule has 6 heteroatoms. The van der Waals surface area contributed by atoms with Gasteiger partial charge in [0, 0.05) is 5.69 Å². The van der Waals surface area contributed by atoms with E-state index < -0.39 is 11.9 Å². The van der Waals surface area contributed by atoms with Crippen LogP contribution in [0, 0.1) is 13.8 Å². The number of aryl methyl sites for hydroxylation is 2. The molecule has 120 valence electrons. The summed E-state index contributed by atoms with van der Waals surface area (Å²) < 4.78 is 5.11. The highest BCUT2D eigenvalue weighted by atomic mass is 16.5. The van der Waals surface area contributed by atoms with E-state index in [4.69, 9.17) is 4.74 Å². The minimum atomic E-state index is -0.523. The molecule has 0 radical (unpaired) electrons. The topological polar surface area (TPSA) is 79.5 Å². The Morgan fingerprint density at radius 1 is 0.913 bits per heavy atom. The van der Waals surface area contributed by atoms with E-state index >= 15 is 0 Å². The SMILES string of the molecule is COc1ccccc1C(=O)NNC(=O)Nc1c(C)cccc1C. The molecule has 2 rings (SSSR count). The van der Waals surface area contributed by atoms with Gasteiger partial charge in [0.2, 0.25) is 0 Å². The van der Waals surface area contributed by atoms with Crippen LogP contribution in [0.2, 0.25) is 0 Å². The standard InChI is InChI=1S/C17H19N3O3/c1-11-7-6-8-12(2)15(11)18-17(22)20-19-16(21)13-9-4-5-10-14(13)23-3/h4-10H,1-3H3,(H,19,21)(H2,18,20,22). The van der Waals surface area contributed by atoms with Crippen molar-refractivity contribution < 1.29 is 14.3 Å². The molecule has 0 atom stereocenters. The maximum absolute atomic E-state index is 12.1. The predicted octanol–water partition coefficient (Wildman–Crippen LogP) is 2.78. The molecule has 0 bridgehead atoms. The van der Waals surface area contributed by atoms with Crippen molar-refractivity contribution in [1.29, 1.82) is 0 Å². The van der Waals surface area contributed by atoms with Gasteiger partial charge in [-0.1, -0.05) is 30.3 Å². The average molecular weight is 313 g/mol. The van der Waals surface area contributed by atoms with Crippen molar-refractivity contribution in [1.82, 2.24) is 10.9 Å². The summed E-state index contributed by atoms with van der Waals surface area (Å²) in [6, 6.07) is 11.9. The summed E-state index contributed by atoms with van der Waals surface area (Å²) >= 11 is 0. The zero-order chi connectivity index (χ0) is 16.8. The molecule has 0 saturated carbocycles. The first-order chi connectivity index (χ1) is 11.0. The van der Waals surface area contributed by atoms with E-state index in [1.54, 1.807) is 24.3 Å². The Balaban J connectivity index is 1.98. The normalized spacial score (nSPS) is 9.87. The molecule has 0 heterocycles. The van der Waals surface area contributed by atoms with Crippen molar-refractivity contribution in [2.24, 2.45) is 0 Å². The molecular weight excluding hydrogens is 294 g/mol. The maximum Gasteiger partial charge on any atom is 0.337 e. The number of anilines is 1. The number of hydrogen-bond acceptors (Lipinski definition) is 3. The Labute approximate surface area is 134 Å². The summed E-state index contributed by atoms with van der Waals surface area (Å²) in [5, 5.41) is 2.72. The molecule has 0 aliphatic heterocycles. The molecule has 0 aliphatic rings. The van der Waals surface area contributed by atoms with Gasteiger partial charge in [0.15, 0.2) is 0 Å². The number of carbonyl (C=O) groups excluding carboxylic acids is 2. The fourth-order valence-corrected chi connectivity index (χ4v) is 2.17. The van der Waals surface area contributed by atoms with Crippen LogP contribution in [0.5, 0.6) is 5.75 Å². The highest BCUT2D eigenvalue weighted by Gasteiger charge is 2.13. The van der Waals surface area contributed by atoms with Crippen LogP contribution >= 0.6 is 0 Å². The van der Waals surface area contributed by atoms with E-state index in [9.17, 15) is 9.59 Å². The Morgan fingerprint density at radius 2 is 1.57 bits per heavy atom. The van der Waals surface area contributed by atoms with Crippen molar-refractivity contribution >= 4 is 17.6 Å². The van der Waals surface area contributed by atoms with E-state index in [1.807, 2.05) is 32.0 Å². The molecule has 0 aliphatic carbocycles. The van der Waals surface area contributed by atoms with E-state index in [0.29, 0.717) is 11.3 Å². The van der Waals surface area contributed by atoms with Gasteiger partial charge in [0.05, 0.1) is 12.7 Å². The highest BCUT2D eigenvalue weighted by Crippen LogP contribution is 2.19. The summed E-state index contributed by atoms with van der Waals surface area (Å²) in [6.07, 6.45) is 0. The molecule has 0 unspecified atom stereocenters. The third kappa shape index (κ3) is 4.00. The van der Waals surface area contributed by atoms with Gasteiger partial charge >= 0.3 is 6.03 Å². The minimum absolute atomic E-state index is 0.336. The van der Waals surface area contributed by atoms with Crippen LogP contribution in [-0.2, 0) is 0 Å². The average Bonchev–Trinajstić information content (AvgIpc) is 2.56. The number of methoxy groups -OCH3 is 1. The van der Waals surface area contributed by atoms with Gasteiger partial charge in [-0.25, -0.2) is 10.2 Å². The lowest BCUT2D eigenvalue weighted by Gasteiger charge is -2.13. The lowest BCUT2D eigenvalue weighted by atomic mass is 10.1. The molecule has 0 fully saturated rings. The smallest absolute Gasteiger partial charge is 0.337 e. The van der Waals surface area contributed by atoms with Crippen molar-refractivity contribution in [2.75, 3.05) is 12.4 Å². The van der Waals surface area contributed by atoms with Gasteiger partial charge in [-0.3, -0.25) is 10.2 Å². The largest absolute Gasteiger partial charge is 0.496 e. The minimum Gasteiger partial charge on any atom is -0.496 e. The Hall–Kier alpha value is -3.02. The maximum atomic E-state index is 12.1. The van der Waals surface area contributed by atoms with Crippen LogP contribution in [0.3, 0.4) is 0 Å². The lowest BCUT2D eigenvalue weighted by molar-refractivity contribution is 0.0935. The zero-order valence-electron chi connectivity index (χ0n) is 13.3. The number of hydrazine groups is 1.